The van der Waals surface area contributed by atoms with Crippen LogP contribution < -0.4 is 19.7 Å². The molecule has 0 aliphatic carbocycles. The molecule has 0 radical (unpaired) electrons. The lowest BCUT2D eigenvalue weighted by Crippen LogP contribution is -2.37. The average Bonchev–Trinajstić information content (AvgIpc) is 2.64. The van der Waals surface area contributed by atoms with Crippen LogP contribution in [0, 0.1) is 0 Å². The van der Waals surface area contributed by atoms with Crippen molar-refractivity contribution in [1.29, 1.82) is 0 Å². The summed E-state index contributed by atoms with van der Waals surface area (Å²) < 4.78 is 11.0. The molecule has 134 valence electrons. The molecule has 5 heteroatoms. The van der Waals surface area contributed by atoms with Gasteiger partial charge in [-0.3, -0.25) is 4.79 Å². The summed E-state index contributed by atoms with van der Waals surface area (Å²) in [5.74, 6) is 1.20. The van der Waals surface area contributed by atoms with Crippen molar-refractivity contribution in [1.82, 2.24) is 5.32 Å². The van der Waals surface area contributed by atoms with Crippen LogP contribution in [0.3, 0.4) is 0 Å². The number of benzene rings is 2. The monoisotopic (exact) mass is 342 g/mol. The number of hydrogen-bond acceptors (Lipinski definition) is 4. The maximum atomic E-state index is 12.4. The van der Waals surface area contributed by atoms with Gasteiger partial charge in [0.25, 0.3) is 5.91 Å². The van der Waals surface area contributed by atoms with E-state index in [1.165, 1.54) is 0 Å². The third kappa shape index (κ3) is 5.41. The lowest BCUT2D eigenvalue weighted by atomic mass is 10.2. The molecular weight excluding hydrogens is 316 g/mol. The van der Waals surface area contributed by atoms with Gasteiger partial charge in [-0.15, -0.1) is 0 Å². The summed E-state index contributed by atoms with van der Waals surface area (Å²) >= 11 is 0. The fourth-order valence-electron chi connectivity index (χ4n) is 2.38. The van der Waals surface area contributed by atoms with Crippen LogP contribution in [0.1, 0.15) is 18.9 Å². The molecule has 1 amide bonds. The molecule has 0 spiro atoms. The molecule has 0 fully saturated rings. The molecule has 25 heavy (non-hydrogen) atoms. The van der Waals surface area contributed by atoms with Crippen LogP contribution in [0.15, 0.2) is 48.5 Å². The number of amides is 1. The zero-order valence-corrected chi connectivity index (χ0v) is 15.3. The SMILES string of the molecule is CCC(Oc1cccc(OC)c1)C(=O)NCc1ccc(N(C)C)cc1. The van der Waals surface area contributed by atoms with Gasteiger partial charge in [0.1, 0.15) is 11.5 Å². The van der Waals surface area contributed by atoms with Crippen molar-refractivity contribution < 1.29 is 14.3 Å². The van der Waals surface area contributed by atoms with E-state index in [-0.39, 0.29) is 5.91 Å². The molecule has 0 heterocycles. The Morgan fingerprint density at radius 2 is 1.80 bits per heavy atom. The summed E-state index contributed by atoms with van der Waals surface area (Å²) in [5.41, 5.74) is 2.18. The Kier molecular flexibility index (Phi) is 6.69. The maximum Gasteiger partial charge on any atom is 0.261 e. The van der Waals surface area contributed by atoms with Crippen molar-refractivity contribution in [2.45, 2.75) is 26.0 Å². The summed E-state index contributed by atoms with van der Waals surface area (Å²) in [6.45, 7) is 2.40. The number of carbonyl (C=O) groups is 1. The third-order valence-corrected chi connectivity index (χ3v) is 3.90. The standard InChI is InChI=1S/C20H26N2O3/c1-5-19(25-18-8-6-7-17(13-18)24-4)20(23)21-14-15-9-11-16(12-10-15)22(2)3/h6-13,19H,5,14H2,1-4H3,(H,21,23). The van der Waals surface area contributed by atoms with E-state index in [0.29, 0.717) is 24.5 Å². The van der Waals surface area contributed by atoms with Gasteiger partial charge in [-0.2, -0.15) is 0 Å². The molecule has 0 aliphatic rings. The second-order valence-electron chi connectivity index (χ2n) is 5.97. The lowest BCUT2D eigenvalue weighted by Gasteiger charge is -2.18. The van der Waals surface area contributed by atoms with Gasteiger partial charge >= 0.3 is 0 Å². The van der Waals surface area contributed by atoms with E-state index in [2.05, 4.69) is 5.32 Å². The number of rotatable bonds is 8. The van der Waals surface area contributed by atoms with Crippen LogP contribution in [-0.2, 0) is 11.3 Å². The van der Waals surface area contributed by atoms with Crippen LogP contribution in [0.5, 0.6) is 11.5 Å². The van der Waals surface area contributed by atoms with Crippen LogP contribution >= 0.6 is 0 Å². The minimum Gasteiger partial charge on any atom is -0.497 e. The fourth-order valence-corrected chi connectivity index (χ4v) is 2.38. The van der Waals surface area contributed by atoms with E-state index < -0.39 is 6.10 Å². The first-order valence-corrected chi connectivity index (χ1v) is 8.38. The highest BCUT2D eigenvalue weighted by molar-refractivity contribution is 5.81. The van der Waals surface area contributed by atoms with Crippen LogP contribution in [0.2, 0.25) is 0 Å². The Bertz CT molecular complexity index is 684. The Morgan fingerprint density at radius 3 is 2.40 bits per heavy atom. The van der Waals surface area contributed by atoms with Gasteiger partial charge in [0.05, 0.1) is 7.11 Å². The molecule has 1 unspecified atom stereocenters. The van der Waals surface area contributed by atoms with E-state index in [9.17, 15) is 4.79 Å². The highest BCUT2D eigenvalue weighted by Crippen LogP contribution is 2.20. The summed E-state index contributed by atoms with van der Waals surface area (Å²) in [7, 11) is 5.60. The summed E-state index contributed by atoms with van der Waals surface area (Å²) in [5, 5.41) is 2.94. The van der Waals surface area contributed by atoms with Crippen molar-refractivity contribution in [3.63, 3.8) is 0 Å². The normalized spacial score (nSPS) is 11.5. The quantitative estimate of drug-likeness (QED) is 0.800. The molecule has 0 aromatic heterocycles. The Hall–Kier alpha value is -2.69. The number of nitrogens with one attached hydrogen (secondary N) is 1. The predicted molar refractivity (Wildman–Crippen MR) is 100 cm³/mol. The average molecular weight is 342 g/mol. The second kappa shape index (κ2) is 8.97. The molecule has 2 rings (SSSR count). The molecule has 0 saturated carbocycles. The third-order valence-electron chi connectivity index (χ3n) is 3.90. The number of nitrogens with zero attached hydrogens (tertiary/aromatic N) is 1. The highest BCUT2D eigenvalue weighted by atomic mass is 16.5. The molecule has 1 N–H and O–H groups in total. The van der Waals surface area contributed by atoms with Crippen molar-refractivity contribution in [3.05, 3.63) is 54.1 Å². The van der Waals surface area contributed by atoms with E-state index in [1.807, 2.05) is 68.4 Å². The second-order valence-corrected chi connectivity index (χ2v) is 5.97. The van der Waals surface area contributed by atoms with Gasteiger partial charge in [0.15, 0.2) is 6.10 Å². The van der Waals surface area contributed by atoms with Gasteiger partial charge in [-0.1, -0.05) is 25.1 Å². The van der Waals surface area contributed by atoms with Gasteiger partial charge in [0.2, 0.25) is 0 Å². The van der Waals surface area contributed by atoms with Crippen LogP contribution in [0.4, 0.5) is 5.69 Å². The van der Waals surface area contributed by atoms with Crippen molar-refractivity contribution >= 4 is 11.6 Å². The fraction of sp³-hybridized carbons (Fsp3) is 0.350. The van der Waals surface area contributed by atoms with Gasteiger partial charge in [0, 0.05) is 32.4 Å². The zero-order valence-electron chi connectivity index (χ0n) is 15.3. The smallest absolute Gasteiger partial charge is 0.261 e. The Labute approximate surface area is 149 Å². The molecular formula is C20H26N2O3. The molecule has 0 bridgehead atoms. The molecule has 2 aromatic carbocycles. The van der Waals surface area contributed by atoms with Crippen LogP contribution in [0.25, 0.3) is 0 Å². The van der Waals surface area contributed by atoms with Gasteiger partial charge in [-0.05, 0) is 36.2 Å². The number of methoxy groups -OCH3 is 1. The minimum absolute atomic E-state index is 0.123. The maximum absolute atomic E-state index is 12.4. The number of ether oxygens (including phenoxy) is 2. The minimum atomic E-state index is -0.534. The van der Waals surface area contributed by atoms with Crippen molar-refractivity contribution in [3.8, 4) is 11.5 Å². The lowest BCUT2D eigenvalue weighted by molar-refractivity contribution is -0.128. The van der Waals surface area contributed by atoms with E-state index in [4.69, 9.17) is 9.47 Å². The molecule has 0 aliphatic heterocycles. The number of hydrogen-bond donors (Lipinski definition) is 1. The first-order valence-electron chi connectivity index (χ1n) is 8.38. The Morgan fingerprint density at radius 1 is 1.12 bits per heavy atom. The summed E-state index contributed by atoms with van der Waals surface area (Å²) in [6, 6.07) is 15.4. The largest absolute Gasteiger partial charge is 0.497 e. The van der Waals surface area contributed by atoms with Gasteiger partial charge in [-0.25, -0.2) is 0 Å². The molecule has 0 saturated heterocycles. The zero-order chi connectivity index (χ0) is 18.2. The van der Waals surface area contributed by atoms with Crippen LogP contribution in [-0.4, -0.2) is 33.2 Å². The van der Waals surface area contributed by atoms with E-state index >= 15 is 0 Å². The topological polar surface area (TPSA) is 50.8 Å². The molecule has 5 nitrogen and oxygen atoms in total. The first-order chi connectivity index (χ1) is 12.0. The summed E-state index contributed by atoms with van der Waals surface area (Å²) in [6.07, 6.45) is 0.0518. The van der Waals surface area contributed by atoms with E-state index in [0.717, 1.165) is 11.3 Å². The highest BCUT2D eigenvalue weighted by Gasteiger charge is 2.18. The molecule has 2 aromatic rings. The predicted octanol–water partition coefficient (Wildman–Crippen LogP) is 3.24. The van der Waals surface area contributed by atoms with Gasteiger partial charge < -0.3 is 19.7 Å². The van der Waals surface area contributed by atoms with E-state index in [1.54, 1.807) is 13.2 Å². The van der Waals surface area contributed by atoms with Crippen molar-refractivity contribution in [2.24, 2.45) is 0 Å². The number of anilines is 1. The Balaban J connectivity index is 1.92. The number of carbonyl (C=O) groups excluding carboxylic acids is 1. The van der Waals surface area contributed by atoms with Crippen molar-refractivity contribution in [2.75, 3.05) is 26.1 Å². The molecule has 1 atom stereocenters. The summed E-state index contributed by atoms with van der Waals surface area (Å²) in [4.78, 5) is 14.4. The first kappa shape index (κ1) is 18.6.